The first-order valence-electron chi connectivity index (χ1n) is 17.0. The topological polar surface area (TPSA) is 51.6 Å². The Morgan fingerprint density at radius 3 is 1.76 bits per heavy atom. The Morgan fingerprint density at radius 2 is 1.04 bits per heavy atom. The van der Waals surface area contributed by atoms with Crippen LogP contribution in [0.2, 0.25) is 0 Å². The largest absolute Gasteiger partial charge is 0.253 e. The van der Waals surface area contributed by atoms with Crippen LogP contribution in [0.15, 0.2) is 170 Å². The molecule has 4 heteroatoms. The van der Waals surface area contributed by atoms with Crippen molar-refractivity contribution < 1.29 is 0 Å². The van der Waals surface area contributed by atoms with E-state index in [2.05, 4.69) is 120 Å². The Kier molecular flexibility index (Phi) is 6.43. The van der Waals surface area contributed by atoms with Crippen molar-refractivity contribution in [3.8, 4) is 56.5 Å². The van der Waals surface area contributed by atoms with Gasteiger partial charge in [0.15, 0.2) is 17.5 Å². The van der Waals surface area contributed by atoms with Crippen LogP contribution >= 0.6 is 0 Å². The molecule has 0 N–H and O–H groups in total. The molecule has 0 saturated carbocycles. The summed E-state index contributed by atoms with van der Waals surface area (Å²) < 4.78 is 0. The van der Waals surface area contributed by atoms with E-state index in [0.29, 0.717) is 23.2 Å². The minimum atomic E-state index is -0.560. The smallest absolute Gasteiger partial charge is 0.182 e. The van der Waals surface area contributed by atoms with E-state index in [1.807, 2.05) is 48.5 Å². The fraction of sp³-hybridized carbons (Fsp3) is 0.0435. The number of rotatable bonds is 5. The van der Waals surface area contributed by atoms with Crippen molar-refractivity contribution in [3.05, 3.63) is 203 Å². The number of hydrogen-bond donors (Lipinski definition) is 0. The van der Waals surface area contributed by atoms with E-state index in [0.717, 1.165) is 17.5 Å². The third-order valence-corrected chi connectivity index (χ3v) is 10.3. The van der Waals surface area contributed by atoms with E-state index in [1.54, 1.807) is 6.20 Å². The van der Waals surface area contributed by atoms with E-state index in [9.17, 15) is 0 Å². The summed E-state index contributed by atoms with van der Waals surface area (Å²) in [6.45, 7) is 0. The van der Waals surface area contributed by atoms with Crippen LogP contribution in [0.3, 0.4) is 0 Å². The molecule has 0 radical (unpaired) electrons. The molecular weight excluding hydrogens is 609 g/mol. The molecule has 0 bridgehead atoms. The third kappa shape index (κ3) is 4.25. The lowest BCUT2D eigenvalue weighted by atomic mass is 9.66. The van der Waals surface area contributed by atoms with Crippen LogP contribution in [0.25, 0.3) is 56.5 Å². The molecule has 2 aromatic heterocycles. The molecule has 6 aromatic carbocycles. The molecule has 234 valence electrons. The van der Waals surface area contributed by atoms with Crippen LogP contribution in [-0.2, 0) is 11.8 Å². The average molecular weight is 639 g/mol. The Bertz CT molecular complexity index is 2450. The van der Waals surface area contributed by atoms with Gasteiger partial charge in [-0.25, -0.2) is 15.0 Å². The minimum Gasteiger partial charge on any atom is -0.253 e. The highest BCUT2D eigenvalue weighted by Gasteiger charge is 2.48. The summed E-state index contributed by atoms with van der Waals surface area (Å²) in [5.41, 5.74) is 15.0. The number of benzene rings is 6. The van der Waals surface area contributed by atoms with Gasteiger partial charge in [0.25, 0.3) is 0 Å². The van der Waals surface area contributed by atoms with Crippen molar-refractivity contribution in [2.24, 2.45) is 0 Å². The van der Waals surface area contributed by atoms with E-state index < -0.39 is 5.41 Å². The second-order valence-electron chi connectivity index (χ2n) is 13.0. The number of hydrogen-bond acceptors (Lipinski definition) is 4. The van der Waals surface area contributed by atoms with Crippen LogP contribution in [0.4, 0.5) is 0 Å². The highest BCUT2D eigenvalue weighted by molar-refractivity contribution is 5.93. The van der Waals surface area contributed by atoms with Gasteiger partial charge in [0.1, 0.15) is 5.69 Å². The van der Waals surface area contributed by atoms with E-state index >= 15 is 0 Å². The Labute approximate surface area is 290 Å². The standard InChI is InChI=1S/C46H30N4/c1-4-14-30(15-5-1)43-48-44(50-45(49-43)41-22-12-13-27-47-41)32-23-24-37-38-26-25-36-35-21-11-10-16-31(35)28-39(36)42(38)46(40(37)29-32,33-17-6-2-7-18-33)34-19-8-3-9-20-34/h1-27,29H,28H2. The minimum absolute atomic E-state index is 0.547. The normalized spacial score (nSPS) is 13.3. The van der Waals surface area contributed by atoms with E-state index in [1.165, 1.54) is 55.6 Å². The zero-order chi connectivity index (χ0) is 33.1. The molecule has 2 aliphatic rings. The molecule has 0 amide bonds. The number of fused-ring (bicyclic) bond motifs is 7. The summed E-state index contributed by atoms with van der Waals surface area (Å²) in [6, 6.07) is 58.2. The van der Waals surface area contributed by atoms with Crippen LogP contribution in [0.5, 0.6) is 0 Å². The molecule has 10 rings (SSSR count). The van der Waals surface area contributed by atoms with Crippen molar-refractivity contribution in [2.45, 2.75) is 11.8 Å². The molecule has 0 spiro atoms. The highest BCUT2D eigenvalue weighted by atomic mass is 15.0. The first kappa shape index (κ1) is 28.5. The molecule has 2 heterocycles. The van der Waals surface area contributed by atoms with Crippen molar-refractivity contribution in [1.82, 2.24) is 19.9 Å². The first-order chi connectivity index (χ1) is 24.8. The lowest BCUT2D eigenvalue weighted by Gasteiger charge is -2.35. The molecule has 0 atom stereocenters. The van der Waals surface area contributed by atoms with E-state index in [4.69, 9.17) is 15.0 Å². The monoisotopic (exact) mass is 638 g/mol. The van der Waals surface area contributed by atoms with Crippen molar-refractivity contribution in [1.29, 1.82) is 0 Å². The molecule has 0 saturated heterocycles. The van der Waals surface area contributed by atoms with Gasteiger partial charge in [0, 0.05) is 17.3 Å². The van der Waals surface area contributed by atoms with Crippen molar-refractivity contribution in [3.63, 3.8) is 0 Å². The second kappa shape index (κ2) is 11.3. The fourth-order valence-corrected chi connectivity index (χ4v) is 8.20. The van der Waals surface area contributed by atoms with Gasteiger partial charge in [0.2, 0.25) is 0 Å². The molecule has 0 aliphatic heterocycles. The van der Waals surface area contributed by atoms with Gasteiger partial charge in [-0.1, -0.05) is 146 Å². The highest BCUT2D eigenvalue weighted by Crippen LogP contribution is 2.60. The third-order valence-electron chi connectivity index (χ3n) is 10.3. The lowest BCUT2D eigenvalue weighted by Crippen LogP contribution is -2.29. The quantitative estimate of drug-likeness (QED) is 0.188. The average Bonchev–Trinajstić information content (AvgIpc) is 3.73. The zero-order valence-corrected chi connectivity index (χ0v) is 27.2. The van der Waals surface area contributed by atoms with Crippen LogP contribution in [-0.4, -0.2) is 19.9 Å². The molecule has 2 aliphatic carbocycles. The van der Waals surface area contributed by atoms with Crippen LogP contribution < -0.4 is 0 Å². The Balaban J connectivity index is 1.27. The number of aromatic nitrogens is 4. The SMILES string of the molecule is c1ccc(-c2nc(-c3ccc4c(c3)C(c3ccccc3)(c3ccccc3)c3c-4ccc4c3Cc3ccccc3-4)nc(-c3ccccn3)n2)cc1. The first-order valence-corrected chi connectivity index (χ1v) is 17.0. The van der Waals surface area contributed by atoms with Gasteiger partial charge in [-0.05, 0) is 80.3 Å². The Hall–Kier alpha value is -6.52. The Morgan fingerprint density at radius 1 is 0.440 bits per heavy atom. The molecule has 4 nitrogen and oxygen atoms in total. The predicted octanol–water partition coefficient (Wildman–Crippen LogP) is 10.2. The van der Waals surface area contributed by atoms with Crippen LogP contribution in [0, 0.1) is 0 Å². The van der Waals surface area contributed by atoms with Crippen LogP contribution in [0.1, 0.15) is 33.4 Å². The summed E-state index contributed by atoms with van der Waals surface area (Å²) in [5.74, 6) is 1.78. The molecule has 8 aromatic rings. The maximum Gasteiger partial charge on any atom is 0.182 e. The number of nitrogens with zero attached hydrogens (tertiary/aromatic N) is 4. The lowest BCUT2D eigenvalue weighted by molar-refractivity contribution is 0.760. The molecule has 50 heavy (non-hydrogen) atoms. The predicted molar refractivity (Wildman–Crippen MR) is 199 cm³/mol. The summed E-state index contributed by atoms with van der Waals surface area (Å²) in [4.78, 5) is 19.7. The van der Waals surface area contributed by atoms with Gasteiger partial charge in [-0.15, -0.1) is 0 Å². The zero-order valence-electron chi connectivity index (χ0n) is 27.2. The molecular formula is C46H30N4. The van der Waals surface area contributed by atoms with Crippen molar-refractivity contribution in [2.75, 3.05) is 0 Å². The summed E-state index contributed by atoms with van der Waals surface area (Å²) in [7, 11) is 0. The maximum absolute atomic E-state index is 5.10. The maximum atomic E-state index is 5.10. The van der Waals surface area contributed by atoms with Crippen molar-refractivity contribution >= 4 is 0 Å². The summed E-state index contributed by atoms with van der Waals surface area (Å²) >= 11 is 0. The van der Waals surface area contributed by atoms with Gasteiger partial charge in [-0.3, -0.25) is 4.98 Å². The summed E-state index contributed by atoms with van der Waals surface area (Å²) in [5, 5.41) is 0. The van der Waals surface area contributed by atoms with Gasteiger partial charge in [-0.2, -0.15) is 0 Å². The molecule has 0 fully saturated rings. The molecule has 0 unspecified atom stereocenters. The second-order valence-corrected chi connectivity index (χ2v) is 13.0. The van der Waals surface area contributed by atoms with Gasteiger partial charge in [0.05, 0.1) is 5.41 Å². The fourth-order valence-electron chi connectivity index (χ4n) is 8.20. The number of pyridine rings is 1. The van der Waals surface area contributed by atoms with Gasteiger partial charge < -0.3 is 0 Å². The van der Waals surface area contributed by atoms with Gasteiger partial charge >= 0.3 is 0 Å². The summed E-state index contributed by atoms with van der Waals surface area (Å²) in [6.07, 6.45) is 2.68. The van der Waals surface area contributed by atoms with E-state index in [-0.39, 0.29) is 0 Å².